The number of aromatic nitrogens is 1. The van der Waals surface area contributed by atoms with E-state index >= 15 is 0 Å². The topological polar surface area (TPSA) is 83.2 Å². The van der Waals surface area contributed by atoms with E-state index in [2.05, 4.69) is 15.6 Å². The van der Waals surface area contributed by atoms with Crippen LogP contribution >= 0.6 is 0 Å². The third-order valence-electron chi connectivity index (χ3n) is 5.61. The number of rotatable bonds is 8. The number of ether oxygens (including phenoxy) is 1. The molecule has 2 amide bonds. The first kappa shape index (κ1) is 23.0. The minimum atomic E-state index is -0.857. The number of amides is 2. The Bertz CT molecular complexity index is 1290. The van der Waals surface area contributed by atoms with E-state index in [9.17, 15) is 14.0 Å². The molecule has 1 atom stereocenters. The Morgan fingerprint density at radius 3 is 2.56 bits per heavy atom. The van der Waals surface area contributed by atoms with Gasteiger partial charge in [-0.2, -0.15) is 0 Å². The number of nitrogens with one attached hydrogen (secondary N) is 3. The number of halogens is 1. The molecule has 3 aromatic carbocycles. The van der Waals surface area contributed by atoms with Crippen LogP contribution in [0, 0.1) is 12.7 Å². The van der Waals surface area contributed by atoms with Crippen LogP contribution < -0.4 is 10.6 Å². The molecule has 1 aromatic heterocycles. The van der Waals surface area contributed by atoms with Crippen LogP contribution in [0.2, 0.25) is 0 Å². The van der Waals surface area contributed by atoms with Crippen molar-refractivity contribution in [3.63, 3.8) is 0 Å². The first-order chi connectivity index (χ1) is 16.5. The van der Waals surface area contributed by atoms with Gasteiger partial charge in [0.15, 0.2) is 0 Å². The lowest BCUT2D eigenvalue weighted by Crippen LogP contribution is -2.48. The van der Waals surface area contributed by atoms with Crippen molar-refractivity contribution < 1.29 is 18.7 Å². The normalized spacial score (nSPS) is 11.7. The van der Waals surface area contributed by atoms with Gasteiger partial charge in [-0.15, -0.1) is 0 Å². The number of alkyl carbamates (subject to hydrolysis) is 1. The van der Waals surface area contributed by atoms with Gasteiger partial charge in [0, 0.05) is 30.1 Å². The number of para-hydroxylation sites is 1. The predicted octanol–water partition coefficient (Wildman–Crippen LogP) is 4.77. The van der Waals surface area contributed by atoms with Crippen molar-refractivity contribution in [1.82, 2.24) is 15.6 Å². The molecule has 0 unspecified atom stereocenters. The molecule has 3 N–H and O–H groups in total. The number of aryl methyl sites for hydroxylation is 1. The molecule has 0 aliphatic carbocycles. The third-order valence-corrected chi connectivity index (χ3v) is 5.61. The van der Waals surface area contributed by atoms with Crippen LogP contribution in [-0.2, 0) is 29.1 Å². The molecule has 0 spiro atoms. The Kier molecular flexibility index (Phi) is 7.22. The van der Waals surface area contributed by atoms with Crippen LogP contribution in [0.4, 0.5) is 9.18 Å². The summed E-state index contributed by atoms with van der Waals surface area (Å²) in [6, 6.07) is 20.9. The zero-order valence-electron chi connectivity index (χ0n) is 18.8. The zero-order chi connectivity index (χ0) is 23.9. The fourth-order valence-corrected chi connectivity index (χ4v) is 3.77. The summed E-state index contributed by atoms with van der Waals surface area (Å²) < 4.78 is 18.9. The smallest absolute Gasteiger partial charge is 0.408 e. The SMILES string of the molecule is Cc1cc(CNC(=O)[C@H](Cc2c[nH]c3ccccc23)NC(=O)OCc2ccccc2)ccc1F. The average molecular weight is 460 g/mol. The Hall–Kier alpha value is -4.13. The fraction of sp³-hybridized carbons (Fsp3) is 0.185. The third kappa shape index (κ3) is 5.81. The highest BCUT2D eigenvalue weighted by molar-refractivity contribution is 5.88. The lowest BCUT2D eigenvalue weighted by atomic mass is 10.0. The van der Waals surface area contributed by atoms with Crippen molar-refractivity contribution in [2.75, 3.05) is 0 Å². The van der Waals surface area contributed by atoms with Crippen LogP contribution in [0.3, 0.4) is 0 Å². The van der Waals surface area contributed by atoms with Crippen LogP contribution in [0.5, 0.6) is 0 Å². The lowest BCUT2D eigenvalue weighted by molar-refractivity contribution is -0.123. The summed E-state index contributed by atoms with van der Waals surface area (Å²) in [5.74, 6) is -0.654. The van der Waals surface area contributed by atoms with Crippen LogP contribution in [0.1, 0.15) is 22.3 Å². The van der Waals surface area contributed by atoms with E-state index in [0.717, 1.165) is 27.6 Å². The molecule has 1 heterocycles. The Morgan fingerprint density at radius 1 is 1.00 bits per heavy atom. The van der Waals surface area contributed by atoms with Crippen molar-refractivity contribution >= 4 is 22.9 Å². The number of H-pyrrole nitrogens is 1. The van der Waals surface area contributed by atoms with Gasteiger partial charge in [-0.3, -0.25) is 4.79 Å². The summed E-state index contributed by atoms with van der Waals surface area (Å²) in [7, 11) is 0. The van der Waals surface area contributed by atoms with Gasteiger partial charge in [-0.05, 0) is 41.3 Å². The molecule has 0 radical (unpaired) electrons. The summed E-state index contributed by atoms with van der Waals surface area (Å²) >= 11 is 0. The summed E-state index contributed by atoms with van der Waals surface area (Å²) in [6.07, 6.45) is 1.44. The second-order valence-electron chi connectivity index (χ2n) is 8.12. The Morgan fingerprint density at radius 2 is 1.76 bits per heavy atom. The number of hydrogen-bond donors (Lipinski definition) is 3. The number of hydrogen-bond acceptors (Lipinski definition) is 3. The summed E-state index contributed by atoms with van der Waals surface area (Å²) in [6.45, 7) is 1.98. The maximum Gasteiger partial charge on any atom is 0.408 e. The highest BCUT2D eigenvalue weighted by Gasteiger charge is 2.23. The average Bonchev–Trinajstić information content (AvgIpc) is 3.26. The number of benzene rings is 3. The molecule has 0 aliphatic heterocycles. The molecule has 0 bridgehead atoms. The van der Waals surface area contributed by atoms with E-state index in [1.807, 2.05) is 60.8 Å². The fourth-order valence-electron chi connectivity index (χ4n) is 3.77. The van der Waals surface area contributed by atoms with Crippen molar-refractivity contribution in [2.45, 2.75) is 32.5 Å². The molecule has 4 rings (SSSR count). The monoisotopic (exact) mass is 459 g/mol. The number of carbonyl (C=O) groups excluding carboxylic acids is 2. The maximum atomic E-state index is 13.6. The first-order valence-electron chi connectivity index (χ1n) is 11.0. The quantitative estimate of drug-likeness (QED) is 0.355. The van der Waals surface area contributed by atoms with Gasteiger partial charge in [0.2, 0.25) is 5.91 Å². The molecule has 0 saturated heterocycles. The standard InChI is InChI=1S/C27H26FN3O3/c1-18-13-20(11-12-23(18)28)15-30-26(32)25(14-21-16-29-24-10-6-5-9-22(21)24)31-27(33)34-17-19-7-3-2-4-8-19/h2-13,16,25,29H,14-15,17H2,1H3,(H,30,32)(H,31,33)/t25-/m0/s1. The molecular weight excluding hydrogens is 433 g/mol. The van der Waals surface area contributed by atoms with E-state index in [-0.39, 0.29) is 31.3 Å². The van der Waals surface area contributed by atoms with Crippen LogP contribution in [-0.4, -0.2) is 23.0 Å². The second kappa shape index (κ2) is 10.7. The number of fused-ring (bicyclic) bond motifs is 1. The molecule has 4 aromatic rings. The van der Waals surface area contributed by atoms with Crippen molar-refractivity contribution in [1.29, 1.82) is 0 Å². The van der Waals surface area contributed by atoms with E-state index < -0.39 is 12.1 Å². The van der Waals surface area contributed by atoms with E-state index in [1.165, 1.54) is 6.07 Å². The predicted molar refractivity (Wildman–Crippen MR) is 129 cm³/mol. The second-order valence-corrected chi connectivity index (χ2v) is 8.12. The molecular formula is C27H26FN3O3. The summed E-state index contributed by atoms with van der Waals surface area (Å²) in [4.78, 5) is 28.8. The molecule has 0 fully saturated rings. The molecule has 6 nitrogen and oxygen atoms in total. The number of carbonyl (C=O) groups is 2. The van der Waals surface area contributed by atoms with E-state index in [0.29, 0.717) is 5.56 Å². The Labute approximate surface area is 197 Å². The van der Waals surface area contributed by atoms with Gasteiger partial charge < -0.3 is 20.4 Å². The molecule has 174 valence electrons. The van der Waals surface area contributed by atoms with Gasteiger partial charge in [-0.25, -0.2) is 9.18 Å². The van der Waals surface area contributed by atoms with Gasteiger partial charge in [0.05, 0.1) is 0 Å². The molecule has 34 heavy (non-hydrogen) atoms. The lowest BCUT2D eigenvalue weighted by Gasteiger charge is -2.18. The summed E-state index contributed by atoms with van der Waals surface area (Å²) in [5, 5.41) is 6.52. The van der Waals surface area contributed by atoms with Crippen LogP contribution in [0.25, 0.3) is 10.9 Å². The maximum absolute atomic E-state index is 13.6. The van der Waals surface area contributed by atoms with E-state index in [1.54, 1.807) is 19.1 Å². The number of aromatic amines is 1. The minimum Gasteiger partial charge on any atom is -0.445 e. The molecule has 0 saturated carbocycles. The van der Waals surface area contributed by atoms with Crippen molar-refractivity contribution in [3.05, 3.63) is 107 Å². The molecule has 0 aliphatic rings. The Balaban J connectivity index is 1.46. The molecule has 7 heteroatoms. The van der Waals surface area contributed by atoms with Gasteiger partial charge >= 0.3 is 6.09 Å². The van der Waals surface area contributed by atoms with Crippen LogP contribution in [0.15, 0.2) is 79.0 Å². The van der Waals surface area contributed by atoms with Crippen molar-refractivity contribution in [2.24, 2.45) is 0 Å². The van der Waals surface area contributed by atoms with Crippen molar-refractivity contribution in [3.8, 4) is 0 Å². The van der Waals surface area contributed by atoms with E-state index in [4.69, 9.17) is 4.74 Å². The van der Waals surface area contributed by atoms with Gasteiger partial charge in [-0.1, -0.05) is 60.7 Å². The summed E-state index contributed by atoms with van der Waals surface area (Å²) in [5.41, 5.74) is 3.97. The highest BCUT2D eigenvalue weighted by Crippen LogP contribution is 2.19. The van der Waals surface area contributed by atoms with Gasteiger partial charge in [0.1, 0.15) is 18.5 Å². The zero-order valence-corrected chi connectivity index (χ0v) is 18.8. The highest BCUT2D eigenvalue weighted by atomic mass is 19.1. The minimum absolute atomic E-state index is 0.100. The largest absolute Gasteiger partial charge is 0.445 e. The first-order valence-corrected chi connectivity index (χ1v) is 11.0. The van der Waals surface area contributed by atoms with Gasteiger partial charge in [0.25, 0.3) is 0 Å².